The van der Waals surface area contributed by atoms with E-state index >= 15 is 0 Å². The maximum atomic E-state index is 5.26. The van der Waals surface area contributed by atoms with Crippen LogP contribution in [0.5, 0.6) is 0 Å². The molecule has 0 unspecified atom stereocenters. The lowest BCUT2D eigenvalue weighted by atomic mass is 9.97. The van der Waals surface area contributed by atoms with Crippen LogP contribution in [0.4, 0.5) is 0 Å². The number of fused-ring (bicyclic) bond motifs is 6. The van der Waals surface area contributed by atoms with Crippen molar-refractivity contribution in [2.75, 3.05) is 0 Å². The molecule has 3 aromatic heterocycles. The van der Waals surface area contributed by atoms with Crippen LogP contribution in [0.25, 0.3) is 105 Å². The lowest BCUT2D eigenvalue weighted by Crippen LogP contribution is -1.97. The van der Waals surface area contributed by atoms with Gasteiger partial charge in [-0.1, -0.05) is 170 Å². The molecule has 0 radical (unpaired) electrons. The zero-order chi connectivity index (χ0) is 37.7. The van der Waals surface area contributed by atoms with E-state index in [0.29, 0.717) is 5.82 Å². The van der Waals surface area contributed by atoms with Gasteiger partial charge in [0.15, 0.2) is 5.82 Å². The van der Waals surface area contributed by atoms with Gasteiger partial charge < -0.3 is 4.57 Å². The fraction of sp³-hybridized carbons (Fsp3) is 0. The molecule has 11 rings (SSSR count). The fourth-order valence-electron chi connectivity index (χ4n) is 8.29. The van der Waals surface area contributed by atoms with Gasteiger partial charge in [0.25, 0.3) is 0 Å². The average Bonchev–Trinajstić information content (AvgIpc) is 3.62. The summed E-state index contributed by atoms with van der Waals surface area (Å²) in [5.74, 6) is 0.695. The minimum Gasteiger partial charge on any atom is -0.309 e. The Kier molecular flexibility index (Phi) is 7.78. The van der Waals surface area contributed by atoms with E-state index in [1.54, 1.807) is 0 Å². The highest BCUT2D eigenvalue weighted by Crippen LogP contribution is 2.43. The van der Waals surface area contributed by atoms with Crippen LogP contribution in [0.2, 0.25) is 0 Å². The lowest BCUT2D eigenvalue weighted by Gasteiger charge is -2.14. The molecular weight excluding hydrogens is 693 g/mol. The summed E-state index contributed by atoms with van der Waals surface area (Å²) in [6, 6.07) is 72.6. The summed E-state index contributed by atoms with van der Waals surface area (Å²) in [4.78, 5) is 15.4. The Balaban J connectivity index is 1.13. The van der Waals surface area contributed by atoms with Crippen molar-refractivity contribution in [2.24, 2.45) is 0 Å². The van der Waals surface area contributed by atoms with Crippen LogP contribution in [0.1, 0.15) is 0 Å². The molecule has 0 N–H and O–H groups in total. The number of hydrogen-bond acceptors (Lipinski definition) is 3. The van der Waals surface area contributed by atoms with Gasteiger partial charge in [-0.3, -0.25) is 0 Å². The van der Waals surface area contributed by atoms with E-state index in [2.05, 4.69) is 174 Å². The zero-order valence-electron chi connectivity index (χ0n) is 30.9. The number of pyridine rings is 1. The topological polar surface area (TPSA) is 43.6 Å². The number of hydrogen-bond donors (Lipinski definition) is 0. The van der Waals surface area contributed by atoms with E-state index in [4.69, 9.17) is 15.0 Å². The molecule has 0 saturated carbocycles. The van der Waals surface area contributed by atoms with Crippen molar-refractivity contribution in [3.05, 3.63) is 206 Å². The quantitative estimate of drug-likeness (QED) is 0.160. The van der Waals surface area contributed by atoms with Crippen LogP contribution in [-0.4, -0.2) is 19.5 Å². The van der Waals surface area contributed by atoms with Gasteiger partial charge in [0.2, 0.25) is 0 Å². The Hall–Kier alpha value is -7.69. The smallest absolute Gasteiger partial charge is 0.160 e. The molecule has 0 atom stereocenters. The maximum Gasteiger partial charge on any atom is 0.160 e. The number of nitrogens with zero attached hydrogens (tertiary/aromatic N) is 4. The highest BCUT2D eigenvalue weighted by atomic mass is 15.0. The van der Waals surface area contributed by atoms with Gasteiger partial charge in [-0.15, -0.1) is 0 Å². The summed E-state index contributed by atoms with van der Waals surface area (Å²) in [6.45, 7) is 0. The number of rotatable bonds is 6. The summed E-state index contributed by atoms with van der Waals surface area (Å²) in [5.41, 5.74) is 13.6. The minimum absolute atomic E-state index is 0.695. The van der Waals surface area contributed by atoms with Crippen molar-refractivity contribution in [1.82, 2.24) is 19.5 Å². The van der Waals surface area contributed by atoms with Crippen LogP contribution in [0, 0.1) is 0 Å². The normalized spacial score (nSPS) is 11.5. The molecule has 0 spiro atoms. The van der Waals surface area contributed by atoms with Crippen molar-refractivity contribution in [1.29, 1.82) is 0 Å². The third-order valence-corrected chi connectivity index (χ3v) is 11.0. The second-order valence-corrected chi connectivity index (χ2v) is 14.4. The van der Waals surface area contributed by atoms with Gasteiger partial charge in [-0.05, 0) is 47.3 Å². The largest absolute Gasteiger partial charge is 0.309 e. The third-order valence-electron chi connectivity index (χ3n) is 11.0. The van der Waals surface area contributed by atoms with Gasteiger partial charge >= 0.3 is 0 Å². The van der Waals surface area contributed by atoms with E-state index < -0.39 is 0 Å². The molecule has 0 bridgehead atoms. The van der Waals surface area contributed by atoms with Crippen LogP contribution in [-0.2, 0) is 0 Å². The van der Waals surface area contributed by atoms with Crippen LogP contribution >= 0.6 is 0 Å². The Morgan fingerprint density at radius 3 is 1.56 bits per heavy atom. The molecule has 11 aromatic rings. The predicted molar refractivity (Wildman–Crippen MR) is 236 cm³/mol. The van der Waals surface area contributed by atoms with Crippen molar-refractivity contribution in [3.63, 3.8) is 0 Å². The molecule has 0 saturated heterocycles. The number of para-hydroxylation sites is 3. The van der Waals surface area contributed by atoms with E-state index in [-0.39, 0.29) is 0 Å². The Bertz CT molecular complexity index is 3190. The first-order valence-corrected chi connectivity index (χ1v) is 19.3. The Morgan fingerprint density at radius 1 is 0.333 bits per heavy atom. The highest BCUT2D eigenvalue weighted by Gasteiger charge is 2.20. The van der Waals surface area contributed by atoms with Crippen molar-refractivity contribution in [3.8, 4) is 62.0 Å². The maximum absolute atomic E-state index is 5.26. The molecule has 0 aliphatic heterocycles. The first-order chi connectivity index (χ1) is 28.3. The van der Waals surface area contributed by atoms with Crippen LogP contribution < -0.4 is 0 Å². The molecule has 0 aliphatic rings. The number of benzene rings is 8. The summed E-state index contributed by atoms with van der Waals surface area (Å²) >= 11 is 0. The third kappa shape index (κ3) is 5.66. The fourth-order valence-corrected chi connectivity index (χ4v) is 8.29. The van der Waals surface area contributed by atoms with Crippen molar-refractivity contribution >= 4 is 43.5 Å². The molecular formula is C53H34N4. The molecule has 3 heterocycles. The Labute approximate surface area is 330 Å². The first-order valence-electron chi connectivity index (χ1n) is 19.3. The first kappa shape index (κ1) is 32.7. The molecule has 0 amide bonds. The summed E-state index contributed by atoms with van der Waals surface area (Å²) in [6.07, 6.45) is 0. The number of aromatic nitrogens is 4. The molecule has 8 aromatic carbocycles. The second-order valence-electron chi connectivity index (χ2n) is 14.4. The highest BCUT2D eigenvalue weighted by molar-refractivity contribution is 6.21. The second kappa shape index (κ2) is 13.6. The standard InChI is InChI=1S/C53H34N4/c1-5-16-36(17-6-1)48-34-49(37-18-7-2-8-19-37)56-53(55-48)39-30-28-35(29-31-39)41-25-15-26-43-45-32-44-42-24-13-14-27-47(42)54-51(38-20-9-3-10-21-38)46(44)33-50(45)57(52(41)43)40-22-11-4-12-23-40/h1-34H. The van der Waals surface area contributed by atoms with Gasteiger partial charge in [-0.2, -0.15) is 0 Å². The van der Waals surface area contributed by atoms with Gasteiger partial charge in [0, 0.05) is 55.0 Å². The summed E-state index contributed by atoms with van der Waals surface area (Å²) in [5, 5.41) is 5.88. The van der Waals surface area contributed by atoms with Crippen molar-refractivity contribution < 1.29 is 0 Å². The summed E-state index contributed by atoms with van der Waals surface area (Å²) < 4.78 is 2.43. The van der Waals surface area contributed by atoms with Crippen molar-refractivity contribution in [2.45, 2.75) is 0 Å². The monoisotopic (exact) mass is 726 g/mol. The summed E-state index contributed by atoms with van der Waals surface area (Å²) in [7, 11) is 0. The Morgan fingerprint density at radius 2 is 0.895 bits per heavy atom. The van der Waals surface area contributed by atoms with Crippen LogP contribution in [0.3, 0.4) is 0 Å². The molecule has 0 aliphatic carbocycles. The zero-order valence-corrected chi connectivity index (χ0v) is 30.9. The SMILES string of the molecule is c1ccc(-c2cc(-c3ccccc3)nc(-c3ccc(-c4cccc5c6cc7c(cc6n(-c6ccccc6)c45)c(-c4ccccc4)nc4ccccc47)cc3)n2)cc1. The van der Waals surface area contributed by atoms with E-state index in [9.17, 15) is 0 Å². The molecule has 57 heavy (non-hydrogen) atoms. The lowest BCUT2D eigenvalue weighted by molar-refractivity contribution is 1.18. The predicted octanol–water partition coefficient (Wildman–Crippen LogP) is 13.6. The molecule has 4 heteroatoms. The van der Waals surface area contributed by atoms with E-state index in [0.717, 1.165) is 83.5 Å². The van der Waals surface area contributed by atoms with E-state index in [1.165, 1.54) is 16.2 Å². The van der Waals surface area contributed by atoms with Crippen LogP contribution in [0.15, 0.2) is 206 Å². The molecule has 4 nitrogen and oxygen atoms in total. The van der Waals surface area contributed by atoms with Gasteiger partial charge in [0.05, 0.1) is 33.6 Å². The van der Waals surface area contributed by atoms with Gasteiger partial charge in [0.1, 0.15) is 0 Å². The molecule has 0 fully saturated rings. The van der Waals surface area contributed by atoms with Gasteiger partial charge in [-0.25, -0.2) is 15.0 Å². The minimum atomic E-state index is 0.695. The van der Waals surface area contributed by atoms with E-state index in [1.807, 2.05) is 36.4 Å². The molecule has 266 valence electrons. The average molecular weight is 727 g/mol.